The summed E-state index contributed by atoms with van der Waals surface area (Å²) in [6.45, 7) is 13.3. The Morgan fingerprint density at radius 3 is 2.32 bits per heavy atom. The summed E-state index contributed by atoms with van der Waals surface area (Å²) in [5, 5.41) is 0. The van der Waals surface area contributed by atoms with Crippen LogP contribution in [0.2, 0.25) is 0 Å². The highest BCUT2D eigenvalue weighted by atomic mass is 16.7. The fraction of sp³-hybridized carbons (Fsp3) is 1.00. The largest absolute Gasteiger partial charge is 0.359 e. The van der Waals surface area contributed by atoms with Crippen LogP contribution in [0.5, 0.6) is 0 Å². The van der Waals surface area contributed by atoms with Gasteiger partial charge in [-0.3, -0.25) is 0 Å². The maximum atomic E-state index is 6.01. The zero-order valence-electron chi connectivity index (χ0n) is 21.6. The molecule has 9 atom stereocenters. The Hall–Kier alpha value is -0.0800. The number of fused-ring (bicyclic) bond motifs is 5. The number of methoxy groups -OCH3 is 1. The Bertz CT molecular complexity index is 587. The zero-order valence-corrected chi connectivity index (χ0v) is 21.6. The summed E-state index contributed by atoms with van der Waals surface area (Å²) in [5.74, 6) is 6.62. The molecule has 2 nitrogen and oxygen atoms in total. The van der Waals surface area contributed by atoms with Gasteiger partial charge in [0.2, 0.25) is 0 Å². The Kier molecular flexibility index (Phi) is 7.49. The van der Waals surface area contributed by atoms with E-state index in [1.807, 2.05) is 0 Å². The van der Waals surface area contributed by atoms with Crippen molar-refractivity contribution < 1.29 is 9.47 Å². The van der Waals surface area contributed by atoms with E-state index in [0.29, 0.717) is 23.7 Å². The van der Waals surface area contributed by atoms with Gasteiger partial charge in [-0.15, -0.1) is 0 Å². The van der Waals surface area contributed by atoms with E-state index in [4.69, 9.17) is 9.47 Å². The second-order valence-electron chi connectivity index (χ2n) is 13.2. The number of hydrogen-bond acceptors (Lipinski definition) is 2. The minimum atomic E-state index is 0.436. The second-order valence-corrected chi connectivity index (χ2v) is 13.2. The molecule has 4 rings (SSSR count). The minimum absolute atomic E-state index is 0.436. The molecule has 2 heteroatoms. The maximum Gasteiger partial charge on any atom is 0.146 e. The van der Waals surface area contributed by atoms with Crippen molar-refractivity contribution >= 4 is 0 Å². The molecule has 0 saturated heterocycles. The van der Waals surface area contributed by atoms with Gasteiger partial charge in [-0.05, 0) is 110 Å². The third kappa shape index (κ3) is 4.51. The van der Waals surface area contributed by atoms with Crippen LogP contribution in [0.3, 0.4) is 0 Å². The summed E-state index contributed by atoms with van der Waals surface area (Å²) in [5.41, 5.74) is 1.19. The van der Waals surface area contributed by atoms with Gasteiger partial charge in [-0.25, -0.2) is 0 Å². The van der Waals surface area contributed by atoms with E-state index in [1.165, 1.54) is 77.0 Å². The van der Waals surface area contributed by atoms with Crippen LogP contribution in [-0.2, 0) is 9.47 Å². The van der Waals surface area contributed by atoms with Crippen molar-refractivity contribution in [1.82, 2.24) is 0 Å². The third-order valence-corrected chi connectivity index (χ3v) is 11.2. The minimum Gasteiger partial charge on any atom is -0.359 e. The molecular formula is C29H52O2. The molecule has 0 spiro atoms. The summed E-state index contributed by atoms with van der Waals surface area (Å²) in [7, 11) is 1.75. The van der Waals surface area contributed by atoms with Crippen molar-refractivity contribution in [1.29, 1.82) is 0 Å². The Morgan fingerprint density at radius 1 is 0.839 bits per heavy atom. The van der Waals surface area contributed by atoms with Gasteiger partial charge in [0.25, 0.3) is 0 Å². The molecule has 0 radical (unpaired) electrons. The fourth-order valence-corrected chi connectivity index (χ4v) is 9.56. The summed E-state index contributed by atoms with van der Waals surface area (Å²) in [4.78, 5) is 0. The topological polar surface area (TPSA) is 18.5 Å². The second kappa shape index (κ2) is 9.65. The van der Waals surface area contributed by atoms with Gasteiger partial charge in [0.15, 0.2) is 0 Å². The molecule has 0 heterocycles. The molecule has 180 valence electrons. The van der Waals surface area contributed by atoms with Gasteiger partial charge in [0.1, 0.15) is 6.79 Å². The lowest BCUT2D eigenvalue weighted by molar-refractivity contribution is -0.153. The predicted octanol–water partition coefficient (Wildman–Crippen LogP) is 8.10. The highest BCUT2D eigenvalue weighted by Gasteiger charge is 2.60. The van der Waals surface area contributed by atoms with Gasteiger partial charge >= 0.3 is 0 Å². The summed E-state index contributed by atoms with van der Waals surface area (Å²) < 4.78 is 11.2. The lowest BCUT2D eigenvalue weighted by Crippen LogP contribution is -2.54. The first-order valence-electron chi connectivity index (χ1n) is 13.9. The van der Waals surface area contributed by atoms with Gasteiger partial charge < -0.3 is 9.47 Å². The van der Waals surface area contributed by atoms with Crippen LogP contribution in [-0.4, -0.2) is 20.0 Å². The molecule has 0 aromatic rings. The monoisotopic (exact) mass is 432 g/mol. The van der Waals surface area contributed by atoms with Gasteiger partial charge in [0, 0.05) is 7.11 Å². The smallest absolute Gasteiger partial charge is 0.146 e. The molecule has 4 saturated carbocycles. The molecule has 31 heavy (non-hydrogen) atoms. The van der Waals surface area contributed by atoms with Crippen LogP contribution >= 0.6 is 0 Å². The van der Waals surface area contributed by atoms with Crippen molar-refractivity contribution in [2.75, 3.05) is 13.9 Å². The molecule has 0 bridgehead atoms. The fourth-order valence-electron chi connectivity index (χ4n) is 9.56. The van der Waals surface area contributed by atoms with Crippen molar-refractivity contribution in [3.63, 3.8) is 0 Å². The lowest BCUT2D eigenvalue weighted by Gasteiger charge is -2.61. The Labute approximate surface area is 193 Å². The summed E-state index contributed by atoms with van der Waals surface area (Å²) in [6, 6.07) is 0. The molecule has 0 aromatic heterocycles. The standard InChI is InChI=1S/C29H52O2/c1-20(2)8-7-9-21(3)25-12-13-26-24-11-10-22-18-23(31-19-30-6)14-16-28(22,4)27(24)15-17-29(25,26)5/h20-27H,7-19H2,1-6H3/t21-,22+,23+,24+,25-,26+,27+,28+,29-/m1/s1. The molecule has 0 unspecified atom stereocenters. The summed E-state index contributed by atoms with van der Waals surface area (Å²) >= 11 is 0. The van der Waals surface area contributed by atoms with E-state index in [-0.39, 0.29) is 0 Å². The highest BCUT2D eigenvalue weighted by Crippen LogP contribution is 2.68. The molecular weight excluding hydrogens is 380 g/mol. The number of ether oxygens (including phenoxy) is 2. The molecule has 0 N–H and O–H groups in total. The highest BCUT2D eigenvalue weighted by molar-refractivity contribution is 5.09. The van der Waals surface area contributed by atoms with Crippen LogP contribution in [0.4, 0.5) is 0 Å². The van der Waals surface area contributed by atoms with E-state index >= 15 is 0 Å². The van der Waals surface area contributed by atoms with Crippen molar-refractivity contribution in [3.8, 4) is 0 Å². The van der Waals surface area contributed by atoms with E-state index < -0.39 is 0 Å². The average Bonchev–Trinajstić information content (AvgIpc) is 3.09. The lowest BCUT2D eigenvalue weighted by atomic mass is 9.44. The Balaban J connectivity index is 1.41. The van der Waals surface area contributed by atoms with Gasteiger partial charge in [-0.1, -0.05) is 53.9 Å². The third-order valence-electron chi connectivity index (χ3n) is 11.2. The normalized spacial score (nSPS) is 45.8. The molecule has 4 aliphatic rings. The molecule has 0 aromatic carbocycles. The van der Waals surface area contributed by atoms with Crippen LogP contribution in [0.1, 0.15) is 112 Å². The first-order valence-corrected chi connectivity index (χ1v) is 13.9. The molecule has 4 aliphatic carbocycles. The number of hydrogen-bond donors (Lipinski definition) is 0. The van der Waals surface area contributed by atoms with E-state index in [0.717, 1.165) is 41.4 Å². The van der Waals surface area contributed by atoms with Crippen molar-refractivity contribution in [2.45, 2.75) is 118 Å². The maximum absolute atomic E-state index is 6.01. The zero-order chi connectivity index (χ0) is 22.2. The van der Waals surface area contributed by atoms with Crippen LogP contribution < -0.4 is 0 Å². The first-order chi connectivity index (χ1) is 14.8. The Morgan fingerprint density at radius 2 is 1.58 bits per heavy atom. The van der Waals surface area contributed by atoms with Gasteiger partial charge in [-0.2, -0.15) is 0 Å². The first kappa shape index (κ1) is 24.1. The summed E-state index contributed by atoms with van der Waals surface area (Å²) in [6.07, 6.45) is 17.6. The SMILES string of the molecule is COCO[C@H]1CC[C@@]2(C)[C@@H](CC[C@@H]3[C@@H]2CC[C@]2(C)[C@@H]([C@H](C)CCCC(C)C)CC[C@@H]32)C1. The van der Waals surface area contributed by atoms with E-state index in [9.17, 15) is 0 Å². The van der Waals surface area contributed by atoms with E-state index in [1.54, 1.807) is 7.11 Å². The average molecular weight is 433 g/mol. The van der Waals surface area contributed by atoms with Crippen molar-refractivity contribution in [3.05, 3.63) is 0 Å². The van der Waals surface area contributed by atoms with Crippen LogP contribution in [0.25, 0.3) is 0 Å². The molecule has 0 aliphatic heterocycles. The van der Waals surface area contributed by atoms with Crippen molar-refractivity contribution in [2.24, 2.45) is 52.3 Å². The number of rotatable bonds is 8. The molecule has 0 amide bonds. The quantitative estimate of drug-likeness (QED) is 0.361. The predicted molar refractivity (Wildman–Crippen MR) is 130 cm³/mol. The van der Waals surface area contributed by atoms with Crippen LogP contribution in [0, 0.1) is 52.3 Å². The molecule has 4 fully saturated rings. The van der Waals surface area contributed by atoms with Gasteiger partial charge in [0.05, 0.1) is 6.10 Å². The van der Waals surface area contributed by atoms with Crippen LogP contribution in [0.15, 0.2) is 0 Å². The van der Waals surface area contributed by atoms with E-state index in [2.05, 4.69) is 34.6 Å².